The number of benzene rings is 1. The van der Waals surface area contributed by atoms with Crippen LogP contribution >= 0.6 is 11.8 Å². The van der Waals surface area contributed by atoms with Gasteiger partial charge in [0.1, 0.15) is 0 Å². The molecule has 0 atom stereocenters. The molecule has 1 amide bonds. The van der Waals surface area contributed by atoms with E-state index >= 15 is 0 Å². The van der Waals surface area contributed by atoms with E-state index in [2.05, 4.69) is 11.9 Å². The second-order valence-electron chi connectivity index (χ2n) is 5.43. The third kappa shape index (κ3) is 5.93. The lowest BCUT2D eigenvalue weighted by molar-refractivity contribution is -0.114. The minimum Gasteiger partial charge on any atom is -0.513 e. The first-order valence-corrected chi connectivity index (χ1v) is 8.36. The fourth-order valence-corrected chi connectivity index (χ4v) is 2.85. The van der Waals surface area contributed by atoms with Crippen molar-refractivity contribution < 1.29 is 14.7 Å². The molecule has 1 aromatic rings. The Hall–Kier alpha value is -1.75. The number of allylic oxidation sites excluding steroid dienone is 1. The Balaban J connectivity index is 2.80. The number of hydrogen-bond acceptors (Lipinski definition) is 4. The van der Waals surface area contributed by atoms with Crippen molar-refractivity contribution >= 4 is 29.1 Å². The number of carbonyl (C=O) groups is 2. The summed E-state index contributed by atoms with van der Waals surface area (Å²) in [5.74, 6) is 1.25. The smallest absolute Gasteiger partial charge is 0.221 e. The van der Waals surface area contributed by atoms with Crippen LogP contribution in [0, 0.1) is 0 Å². The van der Waals surface area contributed by atoms with E-state index in [0.717, 1.165) is 5.56 Å². The van der Waals surface area contributed by atoms with Crippen molar-refractivity contribution in [1.29, 1.82) is 0 Å². The van der Waals surface area contributed by atoms with Gasteiger partial charge in [-0.05, 0) is 17.5 Å². The maximum absolute atomic E-state index is 12.2. The van der Waals surface area contributed by atoms with Crippen LogP contribution < -0.4 is 5.32 Å². The number of aliphatic hydroxyl groups is 1. The predicted molar refractivity (Wildman–Crippen MR) is 92.9 cm³/mol. The number of rotatable bonds is 8. The second-order valence-corrected chi connectivity index (χ2v) is 6.54. The van der Waals surface area contributed by atoms with Gasteiger partial charge < -0.3 is 10.4 Å². The zero-order valence-electron chi connectivity index (χ0n) is 13.3. The topological polar surface area (TPSA) is 66.4 Å². The monoisotopic (exact) mass is 321 g/mol. The van der Waals surface area contributed by atoms with Gasteiger partial charge in [-0.25, -0.2) is 0 Å². The Bertz CT molecular complexity index is 567. The van der Waals surface area contributed by atoms with Crippen molar-refractivity contribution in [2.24, 2.45) is 0 Å². The van der Waals surface area contributed by atoms with Crippen LogP contribution in [0.15, 0.2) is 30.5 Å². The third-order valence-electron chi connectivity index (χ3n) is 3.08. The van der Waals surface area contributed by atoms with E-state index in [1.807, 2.05) is 19.9 Å². The highest BCUT2D eigenvalue weighted by atomic mass is 32.2. The molecule has 0 bridgehead atoms. The van der Waals surface area contributed by atoms with Crippen LogP contribution in [0.4, 0.5) is 5.69 Å². The summed E-state index contributed by atoms with van der Waals surface area (Å²) >= 11 is 1.46. The number of carbonyl (C=O) groups excluding carboxylic acids is 2. The van der Waals surface area contributed by atoms with Gasteiger partial charge in [0, 0.05) is 30.3 Å². The molecule has 0 fully saturated rings. The number of amides is 1. The number of thioether (sulfide) groups is 1. The molecule has 0 radical (unpaired) electrons. The van der Waals surface area contributed by atoms with Gasteiger partial charge in [-0.3, -0.25) is 9.59 Å². The molecule has 5 heteroatoms. The van der Waals surface area contributed by atoms with Gasteiger partial charge in [0.05, 0.1) is 11.5 Å². The molecule has 0 aromatic heterocycles. The van der Waals surface area contributed by atoms with Gasteiger partial charge in [0.15, 0.2) is 5.78 Å². The van der Waals surface area contributed by atoms with E-state index in [4.69, 9.17) is 5.11 Å². The van der Waals surface area contributed by atoms with Crippen molar-refractivity contribution in [3.63, 3.8) is 0 Å². The lowest BCUT2D eigenvalue weighted by Gasteiger charge is -2.14. The van der Waals surface area contributed by atoms with Gasteiger partial charge in [-0.15, -0.1) is 0 Å². The zero-order chi connectivity index (χ0) is 16.7. The molecule has 0 aliphatic carbocycles. The van der Waals surface area contributed by atoms with Crippen LogP contribution in [0.5, 0.6) is 0 Å². The number of anilines is 1. The van der Waals surface area contributed by atoms with Crippen molar-refractivity contribution in [3.8, 4) is 0 Å². The van der Waals surface area contributed by atoms with E-state index in [-0.39, 0.29) is 23.4 Å². The largest absolute Gasteiger partial charge is 0.513 e. The van der Waals surface area contributed by atoms with Gasteiger partial charge in [0.25, 0.3) is 0 Å². The number of nitrogens with one attached hydrogen (secondary N) is 1. The Morgan fingerprint density at radius 1 is 1.36 bits per heavy atom. The Kier molecular flexibility index (Phi) is 7.18. The number of ketones is 1. The minimum atomic E-state index is -0.151. The van der Waals surface area contributed by atoms with Crippen LogP contribution in [0.2, 0.25) is 0 Å². The van der Waals surface area contributed by atoms with Crippen molar-refractivity contribution in [2.45, 2.75) is 33.1 Å². The molecule has 120 valence electrons. The van der Waals surface area contributed by atoms with E-state index in [1.165, 1.54) is 18.7 Å². The third-order valence-corrected chi connectivity index (χ3v) is 4.04. The highest BCUT2D eigenvalue weighted by Crippen LogP contribution is 2.26. The second kappa shape index (κ2) is 8.63. The molecule has 1 rings (SSSR count). The highest BCUT2D eigenvalue weighted by molar-refractivity contribution is 7.99. The summed E-state index contributed by atoms with van der Waals surface area (Å²) in [7, 11) is 0. The Morgan fingerprint density at radius 3 is 2.59 bits per heavy atom. The van der Waals surface area contributed by atoms with E-state index in [0.29, 0.717) is 29.2 Å². The van der Waals surface area contributed by atoms with Gasteiger partial charge >= 0.3 is 0 Å². The Labute approximate surface area is 136 Å². The SMILES string of the molecule is C=C(O)CCSCC(=O)c1ccc(C(C)C)c(NC(C)=O)c1. The van der Waals surface area contributed by atoms with Crippen molar-refractivity contribution in [3.05, 3.63) is 41.7 Å². The minimum absolute atomic E-state index is 0.00969. The predicted octanol–water partition coefficient (Wildman–Crippen LogP) is 4.15. The molecule has 0 aliphatic heterocycles. The van der Waals surface area contributed by atoms with E-state index in [1.54, 1.807) is 12.1 Å². The molecule has 0 heterocycles. The van der Waals surface area contributed by atoms with Gasteiger partial charge in [-0.2, -0.15) is 11.8 Å². The first-order valence-electron chi connectivity index (χ1n) is 7.20. The van der Waals surface area contributed by atoms with Crippen molar-refractivity contribution in [2.75, 3.05) is 16.8 Å². The number of aliphatic hydroxyl groups excluding tert-OH is 1. The molecule has 0 spiro atoms. The first kappa shape index (κ1) is 18.3. The van der Waals surface area contributed by atoms with Crippen LogP contribution in [-0.4, -0.2) is 28.3 Å². The maximum atomic E-state index is 12.2. The quantitative estimate of drug-likeness (QED) is 0.429. The molecule has 22 heavy (non-hydrogen) atoms. The molecule has 2 N–H and O–H groups in total. The maximum Gasteiger partial charge on any atom is 0.221 e. The standard InChI is InChI=1S/C17H23NO3S/c1-11(2)15-6-5-14(9-16(15)18-13(4)20)17(21)10-22-8-7-12(3)19/h5-6,9,11,19H,3,7-8,10H2,1-2,4H3,(H,18,20). The van der Waals surface area contributed by atoms with Gasteiger partial charge in [-0.1, -0.05) is 32.6 Å². The summed E-state index contributed by atoms with van der Waals surface area (Å²) in [4.78, 5) is 23.5. The summed E-state index contributed by atoms with van der Waals surface area (Å²) in [6.45, 7) is 8.95. The number of Topliss-reactive ketones (excluding diaryl/α,β-unsaturated/α-hetero) is 1. The summed E-state index contributed by atoms with van der Waals surface area (Å²) < 4.78 is 0. The molecule has 1 aromatic carbocycles. The zero-order valence-corrected chi connectivity index (χ0v) is 14.1. The lowest BCUT2D eigenvalue weighted by Crippen LogP contribution is -2.11. The van der Waals surface area contributed by atoms with Crippen LogP contribution in [0.1, 0.15) is 49.0 Å². The summed E-state index contributed by atoms with van der Waals surface area (Å²) in [5.41, 5.74) is 2.29. The fraction of sp³-hybridized carbons (Fsp3) is 0.412. The summed E-state index contributed by atoms with van der Waals surface area (Å²) in [6, 6.07) is 5.43. The average Bonchev–Trinajstić information content (AvgIpc) is 2.42. The normalized spacial score (nSPS) is 10.5. The summed E-state index contributed by atoms with van der Waals surface area (Å²) in [6.07, 6.45) is 0.487. The summed E-state index contributed by atoms with van der Waals surface area (Å²) in [5, 5.41) is 11.8. The number of hydrogen-bond donors (Lipinski definition) is 2. The molecule has 0 unspecified atom stereocenters. The molecular weight excluding hydrogens is 298 g/mol. The molecule has 4 nitrogen and oxygen atoms in total. The average molecular weight is 321 g/mol. The lowest BCUT2D eigenvalue weighted by atomic mass is 9.98. The van der Waals surface area contributed by atoms with Gasteiger partial charge in [0.2, 0.25) is 5.91 Å². The van der Waals surface area contributed by atoms with E-state index < -0.39 is 0 Å². The van der Waals surface area contributed by atoms with Crippen LogP contribution in [0.25, 0.3) is 0 Å². The molecule has 0 aliphatic rings. The fourth-order valence-electron chi connectivity index (χ4n) is 1.97. The molecular formula is C17H23NO3S. The molecule has 0 saturated heterocycles. The van der Waals surface area contributed by atoms with Crippen molar-refractivity contribution in [1.82, 2.24) is 0 Å². The van der Waals surface area contributed by atoms with E-state index in [9.17, 15) is 9.59 Å². The van der Waals surface area contributed by atoms with Crippen LogP contribution in [0.3, 0.4) is 0 Å². The Morgan fingerprint density at radius 2 is 2.05 bits per heavy atom. The first-order chi connectivity index (χ1) is 10.3. The highest BCUT2D eigenvalue weighted by Gasteiger charge is 2.13. The molecule has 0 saturated carbocycles. The van der Waals surface area contributed by atoms with Crippen LogP contribution in [-0.2, 0) is 4.79 Å².